The van der Waals surface area contributed by atoms with E-state index in [1.807, 2.05) is 4.90 Å². The Bertz CT molecular complexity index is 532. The van der Waals surface area contributed by atoms with E-state index in [9.17, 15) is 4.79 Å². The summed E-state index contributed by atoms with van der Waals surface area (Å²) in [4.78, 5) is 18.6. The topological polar surface area (TPSA) is 49.6 Å². The van der Waals surface area contributed by atoms with Crippen LogP contribution in [-0.4, -0.2) is 41.4 Å². The molecule has 1 saturated heterocycles. The lowest BCUT2D eigenvalue weighted by molar-refractivity contribution is 0.0724. The highest BCUT2D eigenvalue weighted by molar-refractivity contribution is 7.16. The van der Waals surface area contributed by atoms with E-state index in [1.165, 1.54) is 16.9 Å². The summed E-state index contributed by atoms with van der Waals surface area (Å²) in [6.45, 7) is 8.20. The summed E-state index contributed by atoms with van der Waals surface area (Å²) < 4.78 is 0. The summed E-state index contributed by atoms with van der Waals surface area (Å²) in [5.74, 6) is 0.169. The van der Waals surface area contributed by atoms with Crippen LogP contribution in [-0.2, 0) is 13.0 Å². The number of carbonyl (C=O) groups is 1. The van der Waals surface area contributed by atoms with Crippen molar-refractivity contribution in [1.82, 2.24) is 9.80 Å². The van der Waals surface area contributed by atoms with E-state index in [1.54, 1.807) is 11.3 Å². The van der Waals surface area contributed by atoms with Gasteiger partial charge in [0, 0.05) is 37.1 Å². The van der Waals surface area contributed by atoms with Crippen LogP contribution in [0.2, 0.25) is 0 Å². The summed E-state index contributed by atoms with van der Waals surface area (Å²) in [6.07, 6.45) is 4.44. The van der Waals surface area contributed by atoms with Gasteiger partial charge in [0.2, 0.25) is 0 Å². The van der Waals surface area contributed by atoms with Crippen molar-refractivity contribution < 1.29 is 4.79 Å². The smallest absolute Gasteiger partial charge is 0.257 e. The fraction of sp³-hybridized carbons (Fsp3) is 0.688. The molecule has 0 spiro atoms. The number of anilines is 1. The second-order valence-corrected chi connectivity index (χ2v) is 7.55. The summed E-state index contributed by atoms with van der Waals surface area (Å²) in [7, 11) is 0. The number of nitrogens with zero attached hydrogens (tertiary/aromatic N) is 2. The van der Waals surface area contributed by atoms with Gasteiger partial charge in [-0.25, -0.2) is 0 Å². The summed E-state index contributed by atoms with van der Waals surface area (Å²) in [6, 6.07) is 0.544. The first-order chi connectivity index (χ1) is 10.1. The molecule has 3 heterocycles. The average Bonchev–Trinajstić information content (AvgIpc) is 2.82. The number of hydrogen-bond donors (Lipinski definition) is 1. The van der Waals surface area contributed by atoms with Gasteiger partial charge in [0.25, 0.3) is 5.91 Å². The molecule has 0 saturated carbocycles. The Labute approximate surface area is 130 Å². The van der Waals surface area contributed by atoms with Crippen LogP contribution < -0.4 is 5.73 Å². The van der Waals surface area contributed by atoms with Gasteiger partial charge in [0.05, 0.1) is 10.6 Å². The number of hydrogen-bond acceptors (Lipinski definition) is 4. The van der Waals surface area contributed by atoms with Gasteiger partial charge in [-0.1, -0.05) is 0 Å². The maximum Gasteiger partial charge on any atom is 0.257 e. The summed E-state index contributed by atoms with van der Waals surface area (Å²) in [5, 5.41) is 0.723. The fourth-order valence-electron chi connectivity index (χ4n) is 3.37. The van der Waals surface area contributed by atoms with E-state index in [4.69, 9.17) is 5.73 Å². The van der Waals surface area contributed by atoms with Gasteiger partial charge >= 0.3 is 0 Å². The van der Waals surface area contributed by atoms with Gasteiger partial charge < -0.3 is 10.6 Å². The van der Waals surface area contributed by atoms with Gasteiger partial charge in [-0.2, -0.15) is 0 Å². The quantitative estimate of drug-likeness (QED) is 0.914. The van der Waals surface area contributed by atoms with E-state index < -0.39 is 0 Å². The Morgan fingerprint density at radius 2 is 1.90 bits per heavy atom. The highest BCUT2D eigenvalue weighted by Gasteiger charge is 2.30. The van der Waals surface area contributed by atoms with Crippen LogP contribution in [0.1, 0.15) is 53.9 Å². The van der Waals surface area contributed by atoms with Crippen LogP contribution in [0.15, 0.2) is 0 Å². The Morgan fingerprint density at radius 3 is 2.57 bits per heavy atom. The lowest BCUT2D eigenvalue weighted by Gasteiger charge is -2.31. The lowest BCUT2D eigenvalue weighted by Crippen LogP contribution is -2.38. The highest BCUT2D eigenvalue weighted by atomic mass is 32.1. The molecule has 1 fully saturated rings. The predicted molar refractivity (Wildman–Crippen MR) is 87.7 cm³/mol. The zero-order chi connectivity index (χ0) is 15.0. The maximum absolute atomic E-state index is 12.8. The SMILES string of the molecule is CC(C)N1CCc2c(sc(N)c2C(=O)N2CCCCC2)C1. The molecule has 1 aromatic heterocycles. The van der Waals surface area contributed by atoms with Crippen LogP contribution >= 0.6 is 11.3 Å². The van der Waals surface area contributed by atoms with Crippen molar-refractivity contribution in [1.29, 1.82) is 0 Å². The molecular formula is C16H25N3OS. The van der Waals surface area contributed by atoms with Crippen molar-refractivity contribution in [2.24, 2.45) is 0 Å². The predicted octanol–water partition coefficient (Wildman–Crippen LogP) is 2.72. The van der Waals surface area contributed by atoms with Gasteiger partial charge in [0.1, 0.15) is 0 Å². The molecule has 4 nitrogen and oxygen atoms in total. The van der Waals surface area contributed by atoms with Gasteiger partial charge in [-0.15, -0.1) is 11.3 Å². The van der Waals surface area contributed by atoms with E-state index in [2.05, 4.69) is 18.7 Å². The average molecular weight is 307 g/mol. The summed E-state index contributed by atoms with van der Waals surface area (Å²) in [5.41, 5.74) is 8.25. The number of rotatable bonds is 2. The Kier molecular flexibility index (Phi) is 4.22. The third-order valence-corrected chi connectivity index (χ3v) is 5.75. The molecular weight excluding hydrogens is 282 g/mol. The molecule has 116 valence electrons. The second kappa shape index (κ2) is 5.97. The van der Waals surface area contributed by atoms with Crippen LogP contribution in [0.25, 0.3) is 0 Å². The van der Waals surface area contributed by atoms with Crippen molar-refractivity contribution in [3.8, 4) is 0 Å². The van der Waals surface area contributed by atoms with E-state index in [-0.39, 0.29) is 5.91 Å². The number of piperidine rings is 1. The number of nitrogen functional groups attached to an aromatic ring is 1. The molecule has 0 unspecified atom stereocenters. The van der Waals surface area contributed by atoms with Crippen molar-refractivity contribution in [3.05, 3.63) is 16.0 Å². The largest absolute Gasteiger partial charge is 0.390 e. The van der Waals surface area contributed by atoms with Crippen molar-refractivity contribution in [3.63, 3.8) is 0 Å². The number of thiophene rings is 1. The highest BCUT2D eigenvalue weighted by Crippen LogP contribution is 2.36. The van der Waals surface area contributed by atoms with E-state index in [0.717, 1.165) is 56.0 Å². The molecule has 21 heavy (non-hydrogen) atoms. The molecule has 5 heteroatoms. The first-order valence-electron chi connectivity index (χ1n) is 8.01. The molecule has 0 aliphatic carbocycles. The minimum atomic E-state index is 0.169. The van der Waals surface area contributed by atoms with E-state index in [0.29, 0.717) is 6.04 Å². The zero-order valence-corrected chi connectivity index (χ0v) is 13.8. The first kappa shape index (κ1) is 14.9. The molecule has 0 bridgehead atoms. The van der Waals surface area contributed by atoms with Gasteiger partial charge in [-0.3, -0.25) is 9.69 Å². The molecule has 3 rings (SSSR count). The molecule has 2 aliphatic rings. The first-order valence-corrected chi connectivity index (χ1v) is 8.83. The third kappa shape index (κ3) is 2.81. The molecule has 1 aromatic rings. The van der Waals surface area contributed by atoms with Crippen LogP contribution in [0.4, 0.5) is 5.00 Å². The van der Waals surface area contributed by atoms with Crippen LogP contribution in [0.5, 0.6) is 0 Å². The van der Waals surface area contributed by atoms with Crippen molar-refractivity contribution in [2.75, 3.05) is 25.4 Å². The van der Waals surface area contributed by atoms with E-state index >= 15 is 0 Å². The Balaban J connectivity index is 1.85. The van der Waals surface area contributed by atoms with Crippen molar-refractivity contribution >= 4 is 22.2 Å². The molecule has 2 aliphatic heterocycles. The molecule has 0 radical (unpaired) electrons. The number of nitrogens with two attached hydrogens (primary N) is 1. The number of amides is 1. The summed E-state index contributed by atoms with van der Waals surface area (Å²) >= 11 is 1.62. The monoisotopic (exact) mass is 307 g/mol. The normalized spacial score (nSPS) is 19.9. The number of carbonyl (C=O) groups excluding carboxylic acids is 1. The number of likely N-dealkylation sites (tertiary alicyclic amines) is 1. The molecule has 0 aromatic carbocycles. The molecule has 1 amide bonds. The second-order valence-electron chi connectivity index (χ2n) is 6.41. The van der Waals surface area contributed by atoms with Gasteiger partial charge in [-0.05, 0) is 45.1 Å². The molecule has 0 atom stereocenters. The number of fused-ring (bicyclic) bond motifs is 1. The molecule has 2 N–H and O–H groups in total. The zero-order valence-electron chi connectivity index (χ0n) is 13.0. The maximum atomic E-state index is 12.8. The Morgan fingerprint density at radius 1 is 1.19 bits per heavy atom. The minimum Gasteiger partial charge on any atom is -0.390 e. The standard InChI is InChI=1S/C16H25N3OS/c1-11(2)19-9-6-12-13(10-19)21-15(17)14(12)16(20)18-7-4-3-5-8-18/h11H,3-10,17H2,1-2H3. The minimum absolute atomic E-state index is 0.169. The fourth-order valence-corrected chi connectivity index (χ4v) is 4.51. The van der Waals surface area contributed by atoms with Gasteiger partial charge in [0.15, 0.2) is 0 Å². The van der Waals surface area contributed by atoms with Crippen LogP contribution in [0, 0.1) is 0 Å². The van der Waals surface area contributed by atoms with Crippen molar-refractivity contribution in [2.45, 2.75) is 52.1 Å². The lowest BCUT2D eigenvalue weighted by atomic mass is 10.00. The Hall–Kier alpha value is -1.07. The van der Waals surface area contributed by atoms with Crippen LogP contribution in [0.3, 0.4) is 0 Å². The third-order valence-electron chi connectivity index (χ3n) is 4.70.